The topological polar surface area (TPSA) is 18.5 Å². The Morgan fingerprint density at radius 3 is 1.56 bits per heavy atom. The van der Waals surface area contributed by atoms with E-state index in [0.717, 1.165) is 17.5 Å². The molecule has 2 nitrogen and oxygen atoms in total. The Kier molecular flexibility index (Phi) is 4.44. The summed E-state index contributed by atoms with van der Waals surface area (Å²) >= 11 is 3.65. The lowest BCUT2D eigenvalue weighted by Gasteiger charge is -2.25. The van der Waals surface area contributed by atoms with Gasteiger partial charge in [0.2, 0.25) is 0 Å². The summed E-state index contributed by atoms with van der Waals surface area (Å²) in [4.78, 5) is 0. The number of hydrogen-bond acceptors (Lipinski definition) is 2. The van der Waals surface area contributed by atoms with Gasteiger partial charge in [0.05, 0.1) is 0 Å². The molecule has 0 bridgehead atoms. The van der Waals surface area contributed by atoms with Gasteiger partial charge in [-0.25, -0.2) is 0 Å². The van der Waals surface area contributed by atoms with E-state index in [1.165, 1.54) is 0 Å². The molecule has 0 atom stereocenters. The number of para-hydroxylation sites is 2. The highest BCUT2D eigenvalue weighted by Crippen LogP contribution is 2.26. The Morgan fingerprint density at radius 2 is 1.22 bits per heavy atom. The lowest BCUT2D eigenvalue weighted by molar-refractivity contribution is 0.415. The molecule has 0 saturated heterocycles. The minimum absolute atomic E-state index is 0.816. The van der Waals surface area contributed by atoms with Gasteiger partial charge in [-0.15, -0.1) is 0 Å². The van der Waals surface area contributed by atoms with Crippen molar-refractivity contribution >= 4 is 22.5 Å². The lowest BCUT2D eigenvalue weighted by Crippen LogP contribution is -2.41. The molecule has 0 aliphatic heterocycles. The van der Waals surface area contributed by atoms with Crippen LogP contribution < -0.4 is 8.85 Å². The average Bonchev–Trinajstić information content (AvgIpc) is 2.41. The van der Waals surface area contributed by atoms with E-state index in [1.807, 2.05) is 60.7 Å². The van der Waals surface area contributed by atoms with Crippen molar-refractivity contribution in [2.75, 3.05) is 0 Å². The summed E-state index contributed by atoms with van der Waals surface area (Å²) in [5.74, 6) is 1.66. The van der Waals surface area contributed by atoms with Crippen LogP contribution in [0.1, 0.15) is 6.92 Å². The van der Waals surface area contributed by atoms with Crippen LogP contribution in [0.5, 0.6) is 11.5 Å². The molecule has 0 spiro atoms. The monoisotopic (exact) mass is 322 g/mol. The van der Waals surface area contributed by atoms with Gasteiger partial charge in [-0.05, 0) is 39.6 Å². The van der Waals surface area contributed by atoms with Crippen molar-refractivity contribution in [3.05, 3.63) is 60.7 Å². The smallest absolute Gasteiger partial charge is 0.504 e. The minimum Gasteiger partial charge on any atom is -0.504 e. The van der Waals surface area contributed by atoms with E-state index in [4.69, 9.17) is 8.85 Å². The Hall–Kier alpha value is -1.26. The standard InChI is InChI=1S/C14H15BrO2Si/c1-2-18(15,16-13-9-5-3-6-10-13)17-14-11-7-4-8-12-14/h3-12H,2H2,1H3. The van der Waals surface area contributed by atoms with E-state index in [-0.39, 0.29) is 0 Å². The van der Waals surface area contributed by atoms with Crippen molar-refractivity contribution in [2.24, 2.45) is 0 Å². The first-order valence-electron chi connectivity index (χ1n) is 5.89. The third-order valence-corrected chi connectivity index (χ3v) is 7.03. The molecule has 0 aliphatic rings. The van der Waals surface area contributed by atoms with Crippen LogP contribution in [0, 0.1) is 0 Å². The summed E-state index contributed by atoms with van der Waals surface area (Å²) in [6.07, 6.45) is 0. The summed E-state index contributed by atoms with van der Waals surface area (Å²) in [6.45, 7) is 2.06. The van der Waals surface area contributed by atoms with E-state index in [9.17, 15) is 0 Å². The van der Waals surface area contributed by atoms with Crippen LogP contribution in [0.4, 0.5) is 0 Å². The third-order valence-electron chi connectivity index (χ3n) is 2.45. The van der Waals surface area contributed by atoms with Crippen molar-refractivity contribution in [2.45, 2.75) is 13.0 Å². The SMILES string of the molecule is CC[Si](Br)(Oc1ccccc1)Oc1ccccc1. The first-order valence-corrected chi connectivity index (χ1v) is 10.2. The average molecular weight is 323 g/mol. The quantitative estimate of drug-likeness (QED) is 0.596. The van der Waals surface area contributed by atoms with Gasteiger partial charge < -0.3 is 8.85 Å². The zero-order valence-electron chi connectivity index (χ0n) is 10.2. The maximum Gasteiger partial charge on any atom is 0.537 e. The number of halogens is 1. The third kappa shape index (κ3) is 3.61. The van der Waals surface area contributed by atoms with Crippen molar-refractivity contribution in [1.29, 1.82) is 0 Å². The fourth-order valence-electron chi connectivity index (χ4n) is 1.49. The molecule has 0 N–H and O–H groups in total. The molecule has 0 aliphatic carbocycles. The fraction of sp³-hybridized carbons (Fsp3) is 0.143. The fourth-order valence-corrected chi connectivity index (χ4v) is 3.92. The molecule has 0 radical (unpaired) electrons. The minimum atomic E-state index is -2.39. The Morgan fingerprint density at radius 1 is 0.833 bits per heavy atom. The predicted octanol–water partition coefficient (Wildman–Crippen LogP) is 4.50. The van der Waals surface area contributed by atoms with Gasteiger partial charge in [0.25, 0.3) is 0 Å². The Labute approximate surface area is 116 Å². The largest absolute Gasteiger partial charge is 0.537 e. The summed E-state index contributed by atoms with van der Waals surface area (Å²) in [5, 5.41) is 0. The summed E-state index contributed by atoms with van der Waals surface area (Å²) in [5.41, 5.74) is 0. The van der Waals surface area contributed by atoms with Crippen molar-refractivity contribution in [3.8, 4) is 11.5 Å². The first-order chi connectivity index (χ1) is 8.72. The maximum atomic E-state index is 5.99. The zero-order valence-corrected chi connectivity index (χ0v) is 12.8. The van der Waals surface area contributed by atoms with Crippen LogP contribution in [-0.4, -0.2) is 7.18 Å². The van der Waals surface area contributed by atoms with Gasteiger partial charge in [-0.2, -0.15) is 0 Å². The highest BCUT2D eigenvalue weighted by molar-refractivity contribution is 9.25. The second kappa shape index (κ2) is 6.07. The number of benzene rings is 2. The van der Waals surface area contributed by atoms with E-state index in [1.54, 1.807) is 0 Å². The predicted molar refractivity (Wildman–Crippen MR) is 79.3 cm³/mol. The van der Waals surface area contributed by atoms with Crippen LogP contribution in [0.15, 0.2) is 60.7 Å². The summed E-state index contributed by atoms with van der Waals surface area (Å²) in [7, 11) is -2.39. The van der Waals surface area contributed by atoms with E-state index < -0.39 is 7.18 Å². The first kappa shape index (κ1) is 13.2. The van der Waals surface area contributed by atoms with Crippen LogP contribution in [-0.2, 0) is 0 Å². The number of hydrogen-bond donors (Lipinski definition) is 0. The Balaban J connectivity index is 2.11. The molecule has 2 aromatic carbocycles. The molecular weight excluding hydrogens is 308 g/mol. The second-order valence-corrected chi connectivity index (χ2v) is 9.90. The van der Waals surface area contributed by atoms with Crippen LogP contribution in [0.2, 0.25) is 6.04 Å². The molecule has 0 saturated carbocycles. The lowest BCUT2D eigenvalue weighted by atomic mass is 10.3. The highest BCUT2D eigenvalue weighted by atomic mass is 79.9. The van der Waals surface area contributed by atoms with Crippen molar-refractivity contribution in [3.63, 3.8) is 0 Å². The van der Waals surface area contributed by atoms with Gasteiger partial charge in [-0.1, -0.05) is 43.3 Å². The van der Waals surface area contributed by atoms with E-state index >= 15 is 0 Å². The number of rotatable bonds is 5. The molecule has 0 aromatic heterocycles. The molecule has 94 valence electrons. The van der Waals surface area contributed by atoms with Crippen LogP contribution in [0.3, 0.4) is 0 Å². The molecule has 0 amide bonds. The molecule has 4 heteroatoms. The zero-order chi connectivity index (χ0) is 12.8. The van der Waals surface area contributed by atoms with Crippen molar-refractivity contribution < 1.29 is 8.85 Å². The molecule has 18 heavy (non-hydrogen) atoms. The normalized spacial score (nSPS) is 11.0. The second-order valence-electron chi connectivity index (χ2n) is 3.84. The molecule has 2 rings (SSSR count). The molecule has 0 fully saturated rings. The Bertz CT molecular complexity index is 434. The van der Waals surface area contributed by atoms with Gasteiger partial charge in [-0.3, -0.25) is 0 Å². The summed E-state index contributed by atoms with van der Waals surface area (Å²) < 4.78 is 12.0. The maximum absolute atomic E-state index is 5.99. The molecule has 0 unspecified atom stereocenters. The molecule has 0 heterocycles. The molecular formula is C14H15BrO2Si. The molecule has 2 aromatic rings. The van der Waals surface area contributed by atoms with Crippen LogP contribution >= 0.6 is 15.3 Å². The van der Waals surface area contributed by atoms with Gasteiger partial charge in [0.1, 0.15) is 11.5 Å². The van der Waals surface area contributed by atoms with Gasteiger partial charge in [0.15, 0.2) is 0 Å². The van der Waals surface area contributed by atoms with Crippen LogP contribution in [0.25, 0.3) is 0 Å². The highest BCUT2D eigenvalue weighted by Gasteiger charge is 2.37. The van der Waals surface area contributed by atoms with E-state index in [2.05, 4.69) is 22.2 Å². The summed E-state index contributed by atoms with van der Waals surface area (Å²) in [6, 6.07) is 20.3. The van der Waals surface area contributed by atoms with Gasteiger partial charge >= 0.3 is 7.18 Å². The van der Waals surface area contributed by atoms with Crippen molar-refractivity contribution in [1.82, 2.24) is 0 Å². The van der Waals surface area contributed by atoms with E-state index in [0.29, 0.717) is 0 Å². The van der Waals surface area contributed by atoms with Gasteiger partial charge in [0, 0.05) is 6.04 Å².